The molecular formula is C24H27F3N2O3S. The van der Waals surface area contributed by atoms with Crippen molar-refractivity contribution in [2.24, 2.45) is 0 Å². The molecule has 1 unspecified atom stereocenters. The molecule has 1 saturated heterocycles. The van der Waals surface area contributed by atoms with Gasteiger partial charge < -0.3 is 4.90 Å². The first kappa shape index (κ1) is 23.8. The van der Waals surface area contributed by atoms with Crippen LogP contribution in [0.3, 0.4) is 0 Å². The van der Waals surface area contributed by atoms with Crippen LogP contribution in [0.2, 0.25) is 0 Å². The van der Waals surface area contributed by atoms with Crippen LogP contribution in [0.15, 0.2) is 53.4 Å². The minimum atomic E-state index is -4.05. The van der Waals surface area contributed by atoms with Gasteiger partial charge in [-0.25, -0.2) is 21.6 Å². The summed E-state index contributed by atoms with van der Waals surface area (Å²) in [6.07, 6.45) is 1.43. The van der Waals surface area contributed by atoms with Crippen molar-refractivity contribution in [1.29, 1.82) is 0 Å². The Kier molecular flexibility index (Phi) is 6.55. The fourth-order valence-electron chi connectivity index (χ4n) is 4.29. The average Bonchev–Trinajstić information content (AvgIpc) is 3.62. The van der Waals surface area contributed by atoms with Crippen molar-refractivity contribution in [3.63, 3.8) is 0 Å². The van der Waals surface area contributed by atoms with Gasteiger partial charge in [-0.1, -0.05) is 31.2 Å². The van der Waals surface area contributed by atoms with Gasteiger partial charge in [-0.15, -0.1) is 0 Å². The van der Waals surface area contributed by atoms with E-state index in [1.54, 1.807) is 17.0 Å². The maximum atomic E-state index is 14.2. The lowest BCUT2D eigenvalue weighted by atomic mass is 10.0. The molecule has 0 spiro atoms. The normalized spacial score (nSPS) is 19.8. The Morgan fingerprint density at radius 3 is 2.36 bits per heavy atom. The number of piperidine rings is 1. The average molecular weight is 481 g/mol. The number of benzene rings is 2. The molecular weight excluding hydrogens is 453 g/mol. The van der Waals surface area contributed by atoms with E-state index in [2.05, 4.69) is 0 Å². The molecule has 2 aromatic carbocycles. The molecule has 4 rings (SSSR count). The summed E-state index contributed by atoms with van der Waals surface area (Å²) in [6.45, 7) is 2.05. The molecule has 1 atom stereocenters. The molecule has 5 nitrogen and oxygen atoms in total. The molecule has 1 saturated carbocycles. The highest BCUT2D eigenvalue weighted by molar-refractivity contribution is 7.89. The highest BCUT2D eigenvalue weighted by atomic mass is 32.2. The van der Waals surface area contributed by atoms with Crippen LogP contribution in [0.25, 0.3) is 0 Å². The van der Waals surface area contributed by atoms with Crippen molar-refractivity contribution in [2.45, 2.75) is 68.5 Å². The van der Waals surface area contributed by atoms with Gasteiger partial charge in [-0.05, 0) is 49.1 Å². The Hall–Kier alpha value is -2.39. The van der Waals surface area contributed by atoms with Gasteiger partial charge in [0.2, 0.25) is 15.9 Å². The van der Waals surface area contributed by atoms with Crippen molar-refractivity contribution in [2.75, 3.05) is 6.54 Å². The molecule has 9 heteroatoms. The summed E-state index contributed by atoms with van der Waals surface area (Å²) in [5.74, 6) is -3.64. The predicted octanol–water partition coefficient (Wildman–Crippen LogP) is 4.67. The summed E-state index contributed by atoms with van der Waals surface area (Å²) in [5.41, 5.74) is 0.468. The van der Waals surface area contributed by atoms with Gasteiger partial charge in [0.25, 0.3) is 5.92 Å². The third-order valence-corrected chi connectivity index (χ3v) is 8.33. The molecule has 33 heavy (non-hydrogen) atoms. The Morgan fingerprint density at radius 2 is 1.76 bits per heavy atom. The minimum absolute atomic E-state index is 0.0295. The van der Waals surface area contributed by atoms with Crippen LogP contribution >= 0.6 is 0 Å². The highest BCUT2D eigenvalue weighted by Gasteiger charge is 2.45. The maximum Gasteiger partial charge on any atom is 0.273 e. The molecule has 0 aromatic heterocycles. The van der Waals surface area contributed by atoms with Crippen molar-refractivity contribution >= 4 is 15.9 Å². The maximum absolute atomic E-state index is 14.2. The predicted molar refractivity (Wildman–Crippen MR) is 118 cm³/mol. The Bertz CT molecular complexity index is 1120. The minimum Gasteiger partial charge on any atom is -0.338 e. The second kappa shape index (κ2) is 9.10. The number of hydrogen-bond donors (Lipinski definition) is 0. The fourth-order valence-corrected chi connectivity index (χ4v) is 6.23. The van der Waals surface area contributed by atoms with E-state index >= 15 is 0 Å². The molecule has 2 aromatic rings. The monoisotopic (exact) mass is 480 g/mol. The number of sulfonamides is 1. The van der Waals surface area contributed by atoms with E-state index in [4.69, 9.17) is 0 Å². The molecule has 0 N–H and O–H groups in total. The standard InChI is InChI=1S/C24H27F3N2O3S/c1-2-24(26,27)18-4-3-5-22(14-18)33(31,32)29(20-10-11-20)21-12-13-28(23(30)15-21)16-17-6-8-19(25)9-7-17/h3-9,14,20-21H,2,10-13,15-16H2,1H3. The topological polar surface area (TPSA) is 57.7 Å². The lowest BCUT2D eigenvalue weighted by Gasteiger charge is -2.37. The number of hydrogen-bond acceptors (Lipinski definition) is 3. The van der Waals surface area contributed by atoms with E-state index in [-0.39, 0.29) is 34.6 Å². The third-order valence-electron chi connectivity index (χ3n) is 6.32. The Labute approximate surface area is 192 Å². The summed E-state index contributed by atoms with van der Waals surface area (Å²) in [7, 11) is -4.05. The molecule has 1 aliphatic carbocycles. The molecule has 2 fully saturated rings. The number of rotatable bonds is 8. The summed E-state index contributed by atoms with van der Waals surface area (Å²) in [5, 5.41) is 0. The summed E-state index contributed by atoms with van der Waals surface area (Å²) >= 11 is 0. The van der Waals surface area contributed by atoms with Gasteiger partial charge in [0.15, 0.2) is 0 Å². The van der Waals surface area contributed by atoms with Gasteiger partial charge >= 0.3 is 0 Å². The van der Waals surface area contributed by atoms with Crippen molar-refractivity contribution in [3.05, 3.63) is 65.5 Å². The molecule has 0 radical (unpaired) electrons. The first-order chi connectivity index (χ1) is 15.6. The zero-order valence-corrected chi connectivity index (χ0v) is 19.2. The second-order valence-electron chi connectivity index (χ2n) is 8.74. The van der Waals surface area contributed by atoms with Crippen LogP contribution < -0.4 is 0 Å². The summed E-state index contributed by atoms with van der Waals surface area (Å²) < 4.78 is 69.9. The number of carbonyl (C=O) groups excluding carboxylic acids is 1. The lowest BCUT2D eigenvalue weighted by Crippen LogP contribution is -2.50. The van der Waals surface area contributed by atoms with Crippen molar-refractivity contribution in [3.8, 4) is 0 Å². The largest absolute Gasteiger partial charge is 0.338 e. The van der Waals surface area contributed by atoms with E-state index in [0.717, 1.165) is 11.6 Å². The summed E-state index contributed by atoms with van der Waals surface area (Å²) in [4.78, 5) is 14.3. The van der Waals surface area contributed by atoms with Crippen LogP contribution in [0.5, 0.6) is 0 Å². The van der Waals surface area contributed by atoms with Gasteiger partial charge in [0.1, 0.15) is 5.82 Å². The lowest BCUT2D eigenvalue weighted by molar-refractivity contribution is -0.135. The number of halogens is 3. The number of alkyl halides is 2. The van der Waals surface area contributed by atoms with Gasteiger partial charge in [-0.3, -0.25) is 4.79 Å². The van der Waals surface area contributed by atoms with E-state index in [1.807, 2.05) is 0 Å². The van der Waals surface area contributed by atoms with Gasteiger partial charge in [-0.2, -0.15) is 4.31 Å². The van der Waals surface area contributed by atoms with Crippen LogP contribution in [-0.4, -0.2) is 42.2 Å². The zero-order chi connectivity index (χ0) is 23.8. The number of carbonyl (C=O) groups is 1. The van der Waals surface area contributed by atoms with E-state index in [1.165, 1.54) is 41.6 Å². The molecule has 0 bridgehead atoms. The van der Waals surface area contributed by atoms with E-state index in [0.29, 0.717) is 32.4 Å². The van der Waals surface area contributed by atoms with Gasteiger partial charge in [0, 0.05) is 43.6 Å². The summed E-state index contributed by atoms with van der Waals surface area (Å²) in [6, 6.07) is 10.2. The highest BCUT2D eigenvalue weighted by Crippen LogP contribution is 2.38. The molecule has 178 valence electrons. The van der Waals surface area contributed by atoms with E-state index < -0.39 is 28.4 Å². The van der Waals surface area contributed by atoms with Crippen molar-refractivity contribution < 1.29 is 26.4 Å². The van der Waals surface area contributed by atoms with E-state index in [9.17, 15) is 26.4 Å². The Morgan fingerprint density at radius 1 is 1.06 bits per heavy atom. The van der Waals surface area contributed by atoms with Crippen LogP contribution in [0, 0.1) is 5.82 Å². The first-order valence-electron chi connectivity index (χ1n) is 11.2. The quantitative estimate of drug-likeness (QED) is 0.552. The smallest absolute Gasteiger partial charge is 0.273 e. The molecule has 1 amide bonds. The Balaban J connectivity index is 1.53. The number of nitrogens with zero attached hydrogens (tertiary/aromatic N) is 2. The number of likely N-dealkylation sites (tertiary alicyclic amines) is 1. The first-order valence-corrected chi connectivity index (χ1v) is 12.6. The van der Waals surface area contributed by atoms with Crippen LogP contribution in [0.4, 0.5) is 13.2 Å². The fraction of sp³-hybridized carbons (Fsp3) is 0.458. The molecule has 2 aliphatic rings. The SMILES string of the molecule is CCC(F)(F)c1cccc(S(=O)(=O)N(C2CC2)C2CCN(Cc3ccc(F)cc3)C(=O)C2)c1. The molecule has 1 heterocycles. The third kappa shape index (κ3) is 5.09. The number of amides is 1. The van der Waals surface area contributed by atoms with Crippen LogP contribution in [-0.2, 0) is 27.3 Å². The zero-order valence-electron chi connectivity index (χ0n) is 18.4. The second-order valence-corrected chi connectivity index (χ2v) is 10.6. The molecule has 1 aliphatic heterocycles. The van der Waals surface area contributed by atoms with Gasteiger partial charge in [0.05, 0.1) is 4.90 Å². The van der Waals surface area contributed by atoms with Crippen molar-refractivity contribution in [1.82, 2.24) is 9.21 Å². The van der Waals surface area contributed by atoms with Crippen LogP contribution in [0.1, 0.15) is 50.2 Å².